The molecule has 10 heteroatoms. The van der Waals surface area contributed by atoms with Gasteiger partial charge in [-0.3, -0.25) is 4.90 Å². The largest absolute Gasteiger partial charge is 0.485 e. The van der Waals surface area contributed by atoms with E-state index in [1.165, 1.54) is 16.9 Å². The number of hydrogen-bond donors (Lipinski definition) is 0. The number of carbonyl (C=O) groups excluding carboxylic acids is 1. The van der Waals surface area contributed by atoms with E-state index in [2.05, 4.69) is 21.6 Å². The SMILES string of the molecule is CCOC(=O)c1cc2c(nc(CN3CCC(c4cccc5c4OC[C@@H](c4ccc(Cl)cc4)O5)CC3)n2C[C@@H]2CCO2)s1. The number of halogens is 1. The Morgan fingerprint density at radius 3 is 2.69 bits per heavy atom. The summed E-state index contributed by atoms with van der Waals surface area (Å²) in [4.78, 5) is 21.3. The van der Waals surface area contributed by atoms with Gasteiger partial charge in [-0.15, -0.1) is 11.3 Å². The third-order valence-electron chi connectivity index (χ3n) is 8.47. The second kappa shape index (κ2) is 11.9. The number of imidazole rings is 1. The highest BCUT2D eigenvalue weighted by molar-refractivity contribution is 7.20. The van der Waals surface area contributed by atoms with Crippen LogP contribution in [0.3, 0.4) is 0 Å². The molecule has 2 fully saturated rings. The van der Waals surface area contributed by atoms with Crippen LogP contribution in [0.4, 0.5) is 0 Å². The van der Waals surface area contributed by atoms with Crippen LogP contribution < -0.4 is 9.47 Å². The zero-order chi connectivity index (χ0) is 28.6. The molecule has 42 heavy (non-hydrogen) atoms. The smallest absolute Gasteiger partial charge is 0.348 e. The van der Waals surface area contributed by atoms with Crippen molar-refractivity contribution < 1.29 is 23.7 Å². The Hall–Kier alpha value is -3.11. The normalized spacial score (nSPS) is 20.9. The third-order valence-corrected chi connectivity index (χ3v) is 9.72. The van der Waals surface area contributed by atoms with Crippen LogP contribution in [0.15, 0.2) is 48.5 Å². The van der Waals surface area contributed by atoms with Gasteiger partial charge in [0.25, 0.3) is 0 Å². The first-order valence-corrected chi connectivity index (χ1v) is 15.9. The monoisotopic (exact) mass is 607 g/mol. The van der Waals surface area contributed by atoms with Crippen molar-refractivity contribution in [2.45, 2.75) is 57.4 Å². The maximum atomic E-state index is 12.3. The number of hydrogen-bond acceptors (Lipinski definition) is 8. The van der Waals surface area contributed by atoms with Crippen LogP contribution in [-0.2, 0) is 22.6 Å². The van der Waals surface area contributed by atoms with Gasteiger partial charge < -0.3 is 23.5 Å². The lowest BCUT2D eigenvalue weighted by Crippen LogP contribution is -2.35. The van der Waals surface area contributed by atoms with E-state index in [1.54, 1.807) is 0 Å². The molecule has 8 nitrogen and oxygen atoms in total. The molecule has 4 aromatic rings. The first-order chi connectivity index (χ1) is 20.6. The van der Waals surface area contributed by atoms with Crippen molar-refractivity contribution in [3.63, 3.8) is 0 Å². The molecule has 2 aromatic heterocycles. The molecule has 2 aromatic carbocycles. The Morgan fingerprint density at radius 2 is 1.95 bits per heavy atom. The fraction of sp³-hybridized carbons (Fsp3) is 0.438. The number of rotatable bonds is 8. The number of piperidine rings is 1. The fourth-order valence-electron chi connectivity index (χ4n) is 6.11. The molecular formula is C32H34ClN3O5S. The average Bonchev–Trinajstić information content (AvgIpc) is 3.53. The lowest BCUT2D eigenvalue weighted by atomic mass is 9.88. The van der Waals surface area contributed by atoms with Gasteiger partial charge in [-0.1, -0.05) is 35.9 Å². The molecule has 0 radical (unpaired) electrons. The van der Waals surface area contributed by atoms with Crippen molar-refractivity contribution >= 4 is 39.3 Å². The second-order valence-electron chi connectivity index (χ2n) is 11.1. The summed E-state index contributed by atoms with van der Waals surface area (Å²) in [7, 11) is 0. The van der Waals surface area contributed by atoms with Gasteiger partial charge in [0.2, 0.25) is 0 Å². The van der Waals surface area contributed by atoms with Crippen LogP contribution >= 0.6 is 22.9 Å². The standard InChI is InChI=1S/C32H34ClN3O5S/c1-2-38-32(37)28-16-25-31(42-28)34-29(36(25)17-23-12-15-39-23)18-35-13-10-20(11-14-35)24-4-3-5-26-30(24)40-19-27(41-26)21-6-8-22(33)9-7-21/h3-9,16,20,23,27H,2,10-15,17-19H2,1H3/t23-,27-/m0/s1. The zero-order valence-electron chi connectivity index (χ0n) is 23.6. The fourth-order valence-corrected chi connectivity index (χ4v) is 7.18. The summed E-state index contributed by atoms with van der Waals surface area (Å²) < 4.78 is 25.9. The van der Waals surface area contributed by atoms with Gasteiger partial charge in [0, 0.05) is 17.2 Å². The summed E-state index contributed by atoms with van der Waals surface area (Å²) in [6, 6.07) is 16.0. The van der Waals surface area contributed by atoms with E-state index in [-0.39, 0.29) is 18.2 Å². The Kier molecular flexibility index (Phi) is 7.84. The molecule has 0 saturated carbocycles. The van der Waals surface area contributed by atoms with Crippen LogP contribution in [0.25, 0.3) is 10.3 Å². The van der Waals surface area contributed by atoms with Gasteiger partial charge in [-0.25, -0.2) is 9.78 Å². The van der Waals surface area contributed by atoms with Gasteiger partial charge in [0.05, 0.1) is 31.3 Å². The van der Waals surface area contributed by atoms with E-state index in [1.807, 2.05) is 43.3 Å². The molecule has 2 atom stereocenters. The summed E-state index contributed by atoms with van der Waals surface area (Å²) in [6.07, 6.45) is 3.17. The molecule has 5 heterocycles. The van der Waals surface area contributed by atoms with Crippen molar-refractivity contribution in [2.24, 2.45) is 0 Å². The first kappa shape index (κ1) is 27.7. The van der Waals surface area contributed by atoms with Gasteiger partial charge >= 0.3 is 5.97 Å². The van der Waals surface area contributed by atoms with Crippen LogP contribution in [0, 0.1) is 0 Å². The summed E-state index contributed by atoms with van der Waals surface area (Å²) in [5, 5.41) is 0.712. The minimum Gasteiger partial charge on any atom is -0.485 e. The number of ether oxygens (including phenoxy) is 4. The molecule has 0 aliphatic carbocycles. The number of thiophene rings is 1. The number of aromatic nitrogens is 2. The van der Waals surface area contributed by atoms with Crippen LogP contribution in [0.5, 0.6) is 11.5 Å². The second-order valence-corrected chi connectivity index (χ2v) is 12.6. The zero-order valence-corrected chi connectivity index (χ0v) is 25.2. The summed E-state index contributed by atoms with van der Waals surface area (Å²) in [5.41, 5.74) is 3.29. The molecule has 7 rings (SSSR count). The van der Waals surface area contributed by atoms with Gasteiger partial charge in [-0.05, 0) is 75.0 Å². The molecule has 0 amide bonds. The number of esters is 1. The highest BCUT2D eigenvalue weighted by Crippen LogP contribution is 2.44. The number of nitrogens with zero attached hydrogens (tertiary/aromatic N) is 3. The molecule has 3 aliphatic rings. The molecule has 0 bridgehead atoms. The lowest BCUT2D eigenvalue weighted by Gasteiger charge is -2.35. The highest BCUT2D eigenvalue weighted by Gasteiger charge is 2.31. The first-order valence-electron chi connectivity index (χ1n) is 14.7. The molecule has 0 unspecified atom stereocenters. The van der Waals surface area contributed by atoms with Crippen molar-refractivity contribution in [3.8, 4) is 11.5 Å². The third kappa shape index (κ3) is 5.51. The van der Waals surface area contributed by atoms with E-state index >= 15 is 0 Å². The number of para-hydroxylation sites is 1. The highest BCUT2D eigenvalue weighted by atomic mass is 35.5. The number of carbonyl (C=O) groups is 1. The Balaban J connectivity index is 1.03. The van der Waals surface area contributed by atoms with Gasteiger partial charge in [-0.2, -0.15) is 0 Å². The van der Waals surface area contributed by atoms with Crippen LogP contribution in [0.2, 0.25) is 5.02 Å². The predicted molar refractivity (Wildman–Crippen MR) is 162 cm³/mol. The molecule has 0 spiro atoms. The molecule has 3 aliphatic heterocycles. The van der Waals surface area contributed by atoms with Crippen molar-refractivity contribution in [1.82, 2.24) is 14.5 Å². The Bertz CT molecular complexity index is 1570. The molecule has 0 N–H and O–H groups in total. The van der Waals surface area contributed by atoms with Gasteiger partial charge in [0.1, 0.15) is 22.1 Å². The molecule has 220 valence electrons. The number of fused-ring (bicyclic) bond motifs is 2. The van der Waals surface area contributed by atoms with E-state index in [0.29, 0.717) is 29.0 Å². The van der Waals surface area contributed by atoms with Crippen molar-refractivity contribution in [1.29, 1.82) is 0 Å². The Morgan fingerprint density at radius 1 is 1.14 bits per heavy atom. The van der Waals surface area contributed by atoms with Crippen molar-refractivity contribution in [3.05, 3.63) is 75.4 Å². The number of benzene rings is 2. The summed E-state index contributed by atoms with van der Waals surface area (Å²) in [5.74, 6) is 2.85. The summed E-state index contributed by atoms with van der Waals surface area (Å²) in [6.45, 7) is 6.94. The van der Waals surface area contributed by atoms with E-state index in [9.17, 15) is 4.79 Å². The maximum Gasteiger partial charge on any atom is 0.348 e. The average molecular weight is 608 g/mol. The van der Waals surface area contributed by atoms with E-state index in [4.69, 9.17) is 35.5 Å². The minimum atomic E-state index is -0.284. The lowest BCUT2D eigenvalue weighted by molar-refractivity contribution is -0.0592. The number of likely N-dealkylation sites (tertiary alicyclic amines) is 1. The topological polar surface area (TPSA) is 75.0 Å². The summed E-state index contributed by atoms with van der Waals surface area (Å²) >= 11 is 7.48. The van der Waals surface area contributed by atoms with Gasteiger partial charge in [0.15, 0.2) is 17.6 Å². The minimum absolute atomic E-state index is 0.149. The Labute approximate surface area is 254 Å². The van der Waals surface area contributed by atoms with Crippen molar-refractivity contribution in [2.75, 3.05) is 32.9 Å². The quantitative estimate of drug-likeness (QED) is 0.209. The predicted octanol–water partition coefficient (Wildman–Crippen LogP) is 6.61. The van der Waals surface area contributed by atoms with Crippen LogP contribution in [0.1, 0.15) is 64.8 Å². The maximum absolute atomic E-state index is 12.3. The van der Waals surface area contributed by atoms with E-state index in [0.717, 1.165) is 85.3 Å². The molecule has 2 saturated heterocycles. The van der Waals surface area contributed by atoms with E-state index < -0.39 is 0 Å². The molecular weight excluding hydrogens is 574 g/mol. The van der Waals surface area contributed by atoms with Crippen LogP contribution in [-0.4, -0.2) is 59.4 Å².